The van der Waals surface area contributed by atoms with Gasteiger partial charge in [0, 0.05) is 25.7 Å². The van der Waals surface area contributed by atoms with Gasteiger partial charge in [0.2, 0.25) is 0 Å². The minimum Gasteiger partial charge on any atom is -0.483 e. The van der Waals surface area contributed by atoms with Gasteiger partial charge >= 0.3 is 0 Å². The van der Waals surface area contributed by atoms with Crippen LogP contribution in [-0.4, -0.2) is 55.2 Å². The quantitative estimate of drug-likeness (QED) is 0.743. The van der Waals surface area contributed by atoms with Gasteiger partial charge in [0.05, 0.1) is 18.9 Å². The van der Waals surface area contributed by atoms with Crippen molar-refractivity contribution in [3.05, 3.63) is 48.5 Å². The van der Waals surface area contributed by atoms with E-state index in [2.05, 4.69) is 15.2 Å². The minimum atomic E-state index is -0.569. The van der Waals surface area contributed by atoms with Crippen molar-refractivity contribution >= 4 is 0 Å². The maximum Gasteiger partial charge on any atom is 0.257 e. The predicted octanol–water partition coefficient (Wildman–Crippen LogP) is 1.09. The molecule has 0 aliphatic carbocycles. The molecule has 1 N–H and O–H groups in total. The van der Waals surface area contributed by atoms with E-state index in [1.54, 1.807) is 17.1 Å². The van der Waals surface area contributed by atoms with Gasteiger partial charge < -0.3 is 14.4 Å². The van der Waals surface area contributed by atoms with Crippen LogP contribution in [0, 0.1) is 0 Å². The minimum absolute atomic E-state index is 0.301. The van der Waals surface area contributed by atoms with E-state index in [1.807, 2.05) is 42.3 Å². The fraction of sp³-hybridized carbons (Fsp3) is 0.353. The lowest BCUT2D eigenvalue weighted by Gasteiger charge is -2.14. The summed E-state index contributed by atoms with van der Waals surface area (Å²) in [7, 11) is 1.82. The summed E-state index contributed by atoms with van der Waals surface area (Å²) in [6, 6.07) is 9.64. The van der Waals surface area contributed by atoms with Crippen molar-refractivity contribution in [2.24, 2.45) is 7.05 Å². The molecule has 3 aromatic rings. The summed E-state index contributed by atoms with van der Waals surface area (Å²) in [5.41, 5.74) is 0.889. The molecule has 130 valence electrons. The molecule has 0 amide bonds. The first-order chi connectivity index (χ1) is 12.2. The van der Waals surface area contributed by atoms with Crippen LogP contribution in [-0.2, 0) is 13.6 Å². The lowest BCUT2D eigenvalue weighted by Crippen LogP contribution is -2.29. The number of β-amino-alcohol motifs (C(OH)–C–C–N with tert-alkyl or cyclic N) is 1. The molecule has 8 nitrogen and oxygen atoms in total. The van der Waals surface area contributed by atoms with Crippen LogP contribution in [0.5, 0.6) is 5.75 Å². The Morgan fingerprint density at radius 2 is 2.12 bits per heavy atom. The summed E-state index contributed by atoms with van der Waals surface area (Å²) < 4.78 is 12.8. The molecule has 8 heteroatoms. The normalized spacial score (nSPS) is 20.9. The number of aryl methyl sites for hydroxylation is 1. The predicted molar refractivity (Wildman–Crippen MR) is 88.6 cm³/mol. The standard InChI is InChI=1S/C17H19N5O3/c1-21-8-13(7-18-21)24-15-10-22(9-14(15)23)11-16-19-17(25-20-16)12-5-3-2-4-6-12/h2-8,14-15,23H,9-11H2,1H3/t14-,15-/m1/s1. The van der Waals surface area contributed by atoms with E-state index in [1.165, 1.54) is 0 Å². The first-order valence-corrected chi connectivity index (χ1v) is 8.11. The van der Waals surface area contributed by atoms with Gasteiger partial charge in [-0.3, -0.25) is 9.58 Å². The van der Waals surface area contributed by atoms with Crippen LogP contribution in [0.4, 0.5) is 0 Å². The Morgan fingerprint density at radius 1 is 1.28 bits per heavy atom. The van der Waals surface area contributed by atoms with E-state index >= 15 is 0 Å². The molecule has 2 aromatic heterocycles. The largest absolute Gasteiger partial charge is 0.483 e. The van der Waals surface area contributed by atoms with Crippen LogP contribution in [0.2, 0.25) is 0 Å². The molecule has 2 atom stereocenters. The molecule has 0 saturated carbocycles. The van der Waals surface area contributed by atoms with Crippen LogP contribution >= 0.6 is 0 Å². The van der Waals surface area contributed by atoms with E-state index in [0.29, 0.717) is 37.1 Å². The highest BCUT2D eigenvalue weighted by atomic mass is 16.5. The van der Waals surface area contributed by atoms with Crippen molar-refractivity contribution in [3.63, 3.8) is 0 Å². The average Bonchev–Trinajstić information content (AvgIpc) is 3.31. The maximum absolute atomic E-state index is 10.2. The molecule has 0 spiro atoms. The Hall–Kier alpha value is -2.71. The second-order valence-electron chi connectivity index (χ2n) is 6.15. The third-order valence-corrected chi connectivity index (χ3v) is 4.14. The van der Waals surface area contributed by atoms with Crippen LogP contribution in [0.1, 0.15) is 5.82 Å². The topological polar surface area (TPSA) is 89.4 Å². The number of aliphatic hydroxyl groups excluding tert-OH is 1. The number of hydrogen-bond donors (Lipinski definition) is 1. The Bertz CT molecular complexity index is 832. The molecule has 1 aromatic carbocycles. The van der Waals surface area contributed by atoms with Crippen LogP contribution in [0.15, 0.2) is 47.2 Å². The fourth-order valence-electron chi connectivity index (χ4n) is 2.93. The molecule has 4 rings (SSSR count). The molecule has 0 unspecified atom stereocenters. The second kappa shape index (κ2) is 6.66. The molecular weight excluding hydrogens is 322 g/mol. The summed E-state index contributed by atoms with van der Waals surface area (Å²) in [5.74, 6) is 1.74. The van der Waals surface area contributed by atoms with Crippen LogP contribution in [0.25, 0.3) is 11.5 Å². The molecule has 1 aliphatic rings. The zero-order valence-electron chi connectivity index (χ0n) is 13.8. The van der Waals surface area contributed by atoms with Crippen molar-refractivity contribution in [1.29, 1.82) is 0 Å². The summed E-state index contributed by atoms with van der Waals surface area (Å²) >= 11 is 0. The van der Waals surface area contributed by atoms with Gasteiger partial charge in [-0.25, -0.2) is 0 Å². The van der Waals surface area contributed by atoms with Gasteiger partial charge in [-0.2, -0.15) is 10.1 Å². The highest BCUT2D eigenvalue weighted by molar-refractivity contribution is 5.51. The molecule has 25 heavy (non-hydrogen) atoms. The van der Waals surface area contributed by atoms with Crippen molar-refractivity contribution in [3.8, 4) is 17.2 Å². The second-order valence-corrected chi connectivity index (χ2v) is 6.15. The summed E-state index contributed by atoms with van der Waals surface area (Å²) in [4.78, 5) is 6.47. The number of ether oxygens (including phenoxy) is 1. The van der Waals surface area contributed by atoms with E-state index in [0.717, 1.165) is 5.56 Å². The van der Waals surface area contributed by atoms with Gasteiger partial charge in [-0.1, -0.05) is 23.4 Å². The summed E-state index contributed by atoms with van der Waals surface area (Å²) in [6.45, 7) is 1.59. The molecule has 0 radical (unpaired) electrons. The number of aromatic nitrogens is 4. The van der Waals surface area contributed by atoms with E-state index in [-0.39, 0.29) is 6.10 Å². The summed E-state index contributed by atoms with van der Waals surface area (Å²) in [6.07, 6.45) is 2.55. The molecular formula is C17H19N5O3. The molecule has 1 saturated heterocycles. The van der Waals surface area contributed by atoms with E-state index < -0.39 is 6.10 Å². The van der Waals surface area contributed by atoms with Crippen LogP contribution < -0.4 is 4.74 Å². The summed E-state index contributed by atoms with van der Waals surface area (Å²) in [5, 5.41) is 18.3. The highest BCUT2D eigenvalue weighted by Gasteiger charge is 2.34. The number of benzene rings is 1. The zero-order valence-corrected chi connectivity index (χ0v) is 13.8. The van der Waals surface area contributed by atoms with E-state index in [9.17, 15) is 5.11 Å². The van der Waals surface area contributed by atoms with Crippen molar-refractivity contribution in [1.82, 2.24) is 24.8 Å². The van der Waals surface area contributed by atoms with Gasteiger partial charge in [0.15, 0.2) is 11.6 Å². The number of aliphatic hydroxyl groups is 1. The number of nitrogens with zero attached hydrogens (tertiary/aromatic N) is 5. The van der Waals surface area contributed by atoms with Crippen LogP contribution in [0.3, 0.4) is 0 Å². The Kier molecular flexibility index (Phi) is 4.21. The van der Waals surface area contributed by atoms with Crippen molar-refractivity contribution < 1.29 is 14.4 Å². The van der Waals surface area contributed by atoms with Gasteiger partial charge in [-0.15, -0.1) is 0 Å². The molecule has 1 aliphatic heterocycles. The first-order valence-electron chi connectivity index (χ1n) is 8.11. The molecule has 0 bridgehead atoms. The van der Waals surface area contributed by atoms with Gasteiger partial charge in [-0.05, 0) is 12.1 Å². The number of likely N-dealkylation sites (tertiary alicyclic amines) is 1. The van der Waals surface area contributed by atoms with E-state index in [4.69, 9.17) is 9.26 Å². The Morgan fingerprint density at radius 3 is 2.88 bits per heavy atom. The number of hydrogen-bond acceptors (Lipinski definition) is 7. The fourth-order valence-corrected chi connectivity index (χ4v) is 2.93. The highest BCUT2D eigenvalue weighted by Crippen LogP contribution is 2.21. The average molecular weight is 341 g/mol. The van der Waals surface area contributed by atoms with Gasteiger partial charge in [0.25, 0.3) is 5.89 Å². The Balaban J connectivity index is 1.38. The maximum atomic E-state index is 10.2. The smallest absolute Gasteiger partial charge is 0.257 e. The zero-order chi connectivity index (χ0) is 17.2. The Labute approximate surface area is 144 Å². The molecule has 1 fully saturated rings. The third-order valence-electron chi connectivity index (χ3n) is 4.14. The first kappa shape index (κ1) is 15.8. The monoisotopic (exact) mass is 341 g/mol. The van der Waals surface area contributed by atoms with Gasteiger partial charge in [0.1, 0.15) is 12.2 Å². The third kappa shape index (κ3) is 3.54. The van der Waals surface area contributed by atoms with Crippen molar-refractivity contribution in [2.75, 3.05) is 13.1 Å². The SMILES string of the molecule is Cn1cc(O[C@@H]2CN(Cc3noc(-c4ccccc4)n3)C[C@H]2O)cn1. The molecule has 3 heterocycles. The lowest BCUT2D eigenvalue weighted by atomic mass is 10.2. The number of rotatable bonds is 5. The van der Waals surface area contributed by atoms with Crippen molar-refractivity contribution in [2.45, 2.75) is 18.8 Å². The lowest BCUT2D eigenvalue weighted by molar-refractivity contribution is 0.0736.